The standard InChI is InChI=1S/C24H33N3O4S/c1-4-21(27-13-11-19-7-5-6-8-20(19)17-27)16-25-24(28)23-15-22(10-9-18(23)2)32(29,30)26-12-14-31-3/h5-10,15,21,26H,4,11-14,16-17H2,1-3H3,(H,25,28)/t21-/m1/s1. The minimum atomic E-state index is -3.71. The van der Waals surface area contributed by atoms with Crippen molar-refractivity contribution in [2.24, 2.45) is 0 Å². The van der Waals surface area contributed by atoms with Gasteiger partial charge in [0.05, 0.1) is 11.5 Å². The molecule has 2 aromatic rings. The highest BCUT2D eigenvalue weighted by atomic mass is 32.2. The lowest BCUT2D eigenvalue weighted by Gasteiger charge is -2.35. The molecular formula is C24H33N3O4S. The SMILES string of the molecule is CC[C@H](CNC(=O)c1cc(S(=O)(=O)NCCOC)ccc1C)N1CCc2ccccc2C1. The molecular weight excluding hydrogens is 426 g/mol. The van der Waals surface area contributed by atoms with Crippen molar-refractivity contribution in [1.29, 1.82) is 0 Å². The molecule has 2 N–H and O–H groups in total. The van der Waals surface area contributed by atoms with Crippen LogP contribution in [0.2, 0.25) is 0 Å². The third kappa shape index (κ3) is 5.95. The van der Waals surface area contributed by atoms with Gasteiger partial charge >= 0.3 is 0 Å². The van der Waals surface area contributed by atoms with Crippen molar-refractivity contribution in [2.45, 2.75) is 44.2 Å². The highest BCUT2D eigenvalue weighted by Gasteiger charge is 2.23. The summed E-state index contributed by atoms with van der Waals surface area (Å²) >= 11 is 0. The van der Waals surface area contributed by atoms with E-state index in [9.17, 15) is 13.2 Å². The molecule has 1 aliphatic heterocycles. The van der Waals surface area contributed by atoms with E-state index in [4.69, 9.17) is 4.74 Å². The molecule has 2 aromatic carbocycles. The van der Waals surface area contributed by atoms with Crippen molar-refractivity contribution in [3.8, 4) is 0 Å². The van der Waals surface area contributed by atoms with Crippen molar-refractivity contribution in [2.75, 3.05) is 33.4 Å². The number of benzene rings is 2. The number of ether oxygens (including phenoxy) is 1. The summed E-state index contributed by atoms with van der Waals surface area (Å²) in [6.07, 6.45) is 1.93. The van der Waals surface area contributed by atoms with Crippen LogP contribution in [0.5, 0.6) is 0 Å². The fourth-order valence-electron chi connectivity index (χ4n) is 4.04. The van der Waals surface area contributed by atoms with Crippen LogP contribution < -0.4 is 10.0 Å². The van der Waals surface area contributed by atoms with Crippen LogP contribution in [-0.2, 0) is 27.7 Å². The van der Waals surface area contributed by atoms with Gasteiger partial charge in [-0.1, -0.05) is 37.3 Å². The Bertz CT molecular complexity index is 1040. The van der Waals surface area contributed by atoms with Crippen molar-refractivity contribution >= 4 is 15.9 Å². The maximum Gasteiger partial charge on any atom is 0.251 e. The number of amides is 1. The molecule has 0 fully saturated rings. The van der Waals surface area contributed by atoms with Crippen molar-refractivity contribution in [3.63, 3.8) is 0 Å². The van der Waals surface area contributed by atoms with Crippen LogP contribution in [0.1, 0.15) is 40.4 Å². The zero-order valence-corrected chi connectivity index (χ0v) is 19.9. The van der Waals surface area contributed by atoms with Crippen LogP contribution in [0, 0.1) is 6.92 Å². The van der Waals surface area contributed by atoms with Crippen LogP contribution in [0.4, 0.5) is 0 Å². The molecule has 32 heavy (non-hydrogen) atoms. The van der Waals surface area contributed by atoms with Crippen LogP contribution >= 0.6 is 0 Å². The van der Waals surface area contributed by atoms with Gasteiger partial charge in [-0.2, -0.15) is 0 Å². The Hall–Kier alpha value is -2.26. The van der Waals surface area contributed by atoms with Gasteiger partial charge in [0.15, 0.2) is 0 Å². The minimum Gasteiger partial charge on any atom is -0.383 e. The molecule has 0 spiro atoms. The monoisotopic (exact) mass is 459 g/mol. The van der Waals surface area contributed by atoms with Crippen LogP contribution in [0.25, 0.3) is 0 Å². The first kappa shape index (κ1) is 24.4. The van der Waals surface area contributed by atoms with Crippen LogP contribution in [0.15, 0.2) is 47.4 Å². The average Bonchev–Trinajstić information content (AvgIpc) is 2.79. The van der Waals surface area contributed by atoms with E-state index >= 15 is 0 Å². The number of carbonyl (C=O) groups is 1. The third-order valence-corrected chi connectivity index (χ3v) is 7.47. The summed E-state index contributed by atoms with van der Waals surface area (Å²) in [5, 5.41) is 3.03. The Kier molecular flexibility index (Phi) is 8.42. The lowest BCUT2D eigenvalue weighted by Crippen LogP contribution is -2.45. The molecule has 0 radical (unpaired) electrons. The first-order chi connectivity index (χ1) is 15.4. The van der Waals surface area contributed by atoms with E-state index in [1.165, 1.54) is 30.4 Å². The van der Waals surface area contributed by atoms with Gasteiger partial charge in [-0.15, -0.1) is 0 Å². The van der Waals surface area contributed by atoms with Crippen molar-refractivity contribution in [3.05, 3.63) is 64.7 Å². The summed E-state index contributed by atoms with van der Waals surface area (Å²) in [6, 6.07) is 13.3. The fourth-order valence-corrected chi connectivity index (χ4v) is 5.08. The molecule has 7 nitrogen and oxygen atoms in total. The van der Waals surface area contributed by atoms with Gasteiger partial charge in [-0.05, 0) is 48.6 Å². The molecule has 8 heteroatoms. The molecule has 3 rings (SSSR count). The largest absolute Gasteiger partial charge is 0.383 e. The maximum atomic E-state index is 12.9. The second-order valence-corrected chi connectivity index (χ2v) is 9.90. The predicted molar refractivity (Wildman–Crippen MR) is 125 cm³/mol. The van der Waals surface area contributed by atoms with E-state index < -0.39 is 10.0 Å². The van der Waals surface area contributed by atoms with E-state index in [0.717, 1.165) is 31.5 Å². The van der Waals surface area contributed by atoms with Crippen LogP contribution in [0.3, 0.4) is 0 Å². The molecule has 0 aliphatic carbocycles. The molecule has 1 atom stereocenters. The molecule has 0 bridgehead atoms. The summed E-state index contributed by atoms with van der Waals surface area (Å²) < 4.78 is 32.4. The van der Waals surface area contributed by atoms with Gasteiger partial charge in [0.2, 0.25) is 10.0 Å². The number of carbonyl (C=O) groups excluding carboxylic acids is 1. The van der Waals surface area contributed by atoms with Crippen molar-refractivity contribution < 1.29 is 17.9 Å². The molecule has 0 unspecified atom stereocenters. The third-order valence-electron chi connectivity index (χ3n) is 6.01. The van der Waals surface area contributed by atoms with Gasteiger partial charge in [-0.3, -0.25) is 9.69 Å². The highest BCUT2D eigenvalue weighted by molar-refractivity contribution is 7.89. The molecule has 0 saturated heterocycles. The predicted octanol–water partition coefficient (Wildman–Crippen LogP) is 2.49. The maximum absolute atomic E-state index is 12.9. The van der Waals surface area contributed by atoms with E-state index in [1.54, 1.807) is 6.07 Å². The smallest absolute Gasteiger partial charge is 0.251 e. The van der Waals surface area contributed by atoms with E-state index in [2.05, 4.69) is 46.1 Å². The van der Waals surface area contributed by atoms with Gasteiger partial charge in [0.25, 0.3) is 5.91 Å². The Morgan fingerprint density at radius 1 is 1.19 bits per heavy atom. The lowest BCUT2D eigenvalue weighted by atomic mass is 9.98. The zero-order chi connectivity index (χ0) is 23.1. The fraction of sp³-hybridized carbons (Fsp3) is 0.458. The Labute approximate surface area is 191 Å². The Morgan fingerprint density at radius 3 is 2.66 bits per heavy atom. The number of fused-ring (bicyclic) bond motifs is 1. The topological polar surface area (TPSA) is 87.7 Å². The normalized spacial score (nSPS) is 15.2. The number of hydrogen-bond donors (Lipinski definition) is 2. The summed E-state index contributed by atoms with van der Waals surface area (Å²) in [4.78, 5) is 15.4. The van der Waals surface area contributed by atoms with E-state index in [0.29, 0.717) is 12.1 Å². The second-order valence-electron chi connectivity index (χ2n) is 8.13. The Morgan fingerprint density at radius 2 is 1.94 bits per heavy atom. The Balaban J connectivity index is 1.66. The first-order valence-corrected chi connectivity index (χ1v) is 12.5. The second kappa shape index (κ2) is 11.0. The number of sulfonamides is 1. The van der Waals surface area contributed by atoms with E-state index in [1.807, 2.05) is 6.92 Å². The number of rotatable bonds is 10. The molecule has 174 valence electrons. The summed E-state index contributed by atoms with van der Waals surface area (Å²) in [5.41, 5.74) is 3.85. The number of nitrogens with one attached hydrogen (secondary N) is 2. The summed E-state index contributed by atoms with van der Waals surface area (Å²) in [6.45, 7) is 6.74. The van der Waals surface area contributed by atoms with E-state index in [-0.39, 0.29) is 30.0 Å². The summed E-state index contributed by atoms with van der Waals surface area (Å²) in [5.74, 6) is -0.257. The first-order valence-electron chi connectivity index (χ1n) is 11.0. The molecule has 0 aromatic heterocycles. The van der Waals surface area contributed by atoms with Gasteiger partial charge in [0, 0.05) is 44.9 Å². The quantitative estimate of drug-likeness (QED) is 0.533. The molecule has 0 saturated carbocycles. The highest BCUT2D eigenvalue weighted by Crippen LogP contribution is 2.21. The van der Waals surface area contributed by atoms with Crippen molar-refractivity contribution in [1.82, 2.24) is 14.9 Å². The molecule has 1 amide bonds. The summed E-state index contributed by atoms with van der Waals surface area (Å²) in [7, 11) is -2.20. The molecule has 1 heterocycles. The van der Waals surface area contributed by atoms with Crippen LogP contribution in [-0.4, -0.2) is 58.6 Å². The molecule has 1 aliphatic rings. The van der Waals surface area contributed by atoms with Gasteiger partial charge in [0.1, 0.15) is 0 Å². The number of hydrogen-bond acceptors (Lipinski definition) is 5. The zero-order valence-electron chi connectivity index (χ0n) is 19.1. The number of nitrogens with zero attached hydrogens (tertiary/aromatic N) is 1. The minimum absolute atomic E-state index is 0.0732. The number of aryl methyl sites for hydroxylation is 1. The average molecular weight is 460 g/mol. The van der Waals surface area contributed by atoms with Gasteiger partial charge in [-0.25, -0.2) is 13.1 Å². The van der Waals surface area contributed by atoms with Gasteiger partial charge < -0.3 is 10.1 Å². The number of methoxy groups -OCH3 is 1. The lowest BCUT2D eigenvalue weighted by molar-refractivity contribution is 0.0925.